The fourth-order valence-electron chi connectivity index (χ4n) is 9.11. The van der Waals surface area contributed by atoms with Crippen LogP contribution in [0.4, 0.5) is 17.1 Å². The third-order valence-electron chi connectivity index (χ3n) is 11.8. The summed E-state index contributed by atoms with van der Waals surface area (Å²) in [5.41, 5.74) is 16.6. The Morgan fingerprint density at radius 3 is 1.73 bits per heavy atom. The third-order valence-corrected chi connectivity index (χ3v) is 11.8. The van der Waals surface area contributed by atoms with E-state index in [2.05, 4.69) is 196 Å². The molecule has 244 valence electrons. The largest absolute Gasteiger partial charge is 0.309 e. The van der Waals surface area contributed by atoms with E-state index in [1.54, 1.807) is 0 Å². The molecule has 0 bridgehead atoms. The van der Waals surface area contributed by atoms with Gasteiger partial charge in [0.2, 0.25) is 0 Å². The molecule has 0 aliphatic heterocycles. The van der Waals surface area contributed by atoms with Gasteiger partial charge in [0.05, 0.1) is 5.69 Å². The lowest BCUT2D eigenvalue weighted by molar-refractivity contribution is 0.661. The van der Waals surface area contributed by atoms with Crippen molar-refractivity contribution < 1.29 is 0 Å². The Bertz CT molecular complexity index is 2680. The minimum Gasteiger partial charge on any atom is -0.309 e. The van der Waals surface area contributed by atoms with E-state index in [9.17, 15) is 0 Å². The quantitative estimate of drug-likeness (QED) is 0.183. The van der Waals surface area contributed by atoms with Gasteiger partial charge in [0.1, 0.15) is 0 Å². The molecule has 1 nitrogen and oxygen atoms in total. The maximum atomic E-state index is 2.55. The van der Waals surface area contributed by atoms with Crippen LogP contribution in [0.15, 0.2) is 164 Å². The van der Waals surface area contributed by atoms with Gasteiger partial charge in [0, 0.05) is 33.2 Å². The van der Waals surface area contributed by atoms with Crippen molar-refractivity contribution in [1.82, 2.24) is 0 Å². The van der Waals surface area contributed by atoms with Crippen molar-refractivity contribution in [1.29, 1.82) is 0 Å². The highest BCUT2D eigenvalue weighted by atomic mass is 15.1. The second-order valence-electron chi connectivity index (χ2n) is 15.4. The first-order valence-corrected chi connectivity index (χ1v) is 18.1. The Kier molecular flexibility index (Phi) is 6.34. The van der Waals surface area contributed by atoms with E-state index in [4.69, 9.17) is 0 Å². The molecule has 51 heavy (non-hydrogen) atoms. The highest BCUT2D eigenvalue weighted by molar-refractivity contribution is 6.10. The van der Waals surface area contributed by atoms with Crippen molar-refractivity contribution in [2.75, 3.05) is 4.90 Å². The summed E-state index contributed by atoms with van der Waals surface area (Å²) in [6.45, 7) is 9.55. The molecule has 0 spiro atoms. The van der Waals surface area contributed by atoms with E-state index in [0.717, 1.165) is 5.69 Å². The van der Waals surface area contributed by atoms with Gasteiger partial charge >= 0.3 is 0 Å². The summed E-state index contributed by atoms with van der Waals surface area (Å²) < 4.78 is 0. The maximum Gasteiger partial charge on any atom is 0.0621 e. The zero-order valence-corrected chi connectivity index (χ0v) is 29.5. The second kappa shape index (κ2) is 10.8. The monoisotopic (exact) mass is 653 g/mol. The van der Waals surface area contributed by atoms with Gasteiger partial charge in [0.25, 0.3) is 0 Å². The molecule has 8 aromatic rings. The lowest BCUT2D eigenvalue weighted by Crippen LogP contribution is -2.18. The Morgan fingerprint density at radius 2 is 0.941 bits per heavy atom. The van der Waals surface area contributed by atoms with Crippen LogP contribution in [-0.4, -0.2) is 0 Å². The molecule has 0 saturated heterocycles. The number of anilines is 3. The average Bonchev–Trinajstić information content (AvgIpc) is 3.53. The van der Waals surface area contributed by atoms with Crippen LogP contribution in [0.1, 0.15) is 49.9 Å². The number of hydrogen-bond donors (Lipinski definition) is 0. The van der Waals surface area contributed by atoms with Crippen LogP contribution in [0.3, 0.4) is 0 Å². The van der Waals surface area contributed by atoms with Gasteiger partial charge in [-0.2, -0.15) is 0 Å². The summed E-state index contributed by atoms with van der Waals surface area (Å²) in [5, 5.41) is 5.10. The SMILES string of the molecule is CC1(C)c2cc(N(c3ccc(-c4ccccc4)cc3)c3c4c(cc5ccccc35)C(C)(C)c3ccccc3-4)ccc2-c2cc3ccccc3cc21. The van der Waals surface area contributed by atoms with Crippen molar-refractivity contribution in [2.24, 2.45) is 0 Å². The fraction of sp³-hybridized carbons (Fsp3) is 0.120. The smallest absolute Gasteiger partial charge is 0.0621 e. The third kappa shape index (κ3) is 4.34. The molecule has 2 aliphatic carbocycles. The summed E-state index contributed by atoms with van der Waals surface area (Å²) in [7, 11) is 0. The van der Waals surface area contributed by atoms with Gasteiger partial charge in [-0.3, -0.25) is 0 Å². The van der Waals surface area contributed by atoms with E-state index < -0.39 is 0 Å². The normalized spacial score (nSPS) is 14.6. The van der Waals surface area contributed by atoms with Gasteiger partial charge in [-0.1, -0.05) is 149 Å². The highest BCUT2D eigenvalue weighted by Crippen LogP contribution is 2.58. The fourth-order valence-corrected chi connectivity index (χ4v) is 9.11. The molecule has 0 amide bonds. The molecular weight excluding hydrogens is 615 g/mol. The molecule has 10 rings (SSSR count). The van der Waals surface area contributed by atoms with Crippen molar-refractivity contribution in [3.63, 3.8) is 0 Å². The van der Waals surface area contributed by atoms with E-state index in [0.29, 0.717) is 0 Å². The Labute approximate surface area is 300 Å². The zero-order chi connectivity index (χ0) is 34.5. The van der Waals surface area contributed by atoms with Gasteiger partial charge in [-0.05, 0) is 109 Å². The van der Waals surface area contributed by atoms with E-state index in [-0.39, 0.29) is 10.8 Å². The second-order valence-corrected chi connectivity index (χ2v) is 15.4. The Hall–Kier alpha value is -5.92. The summed E-state index contributed by atoms with van der Waals surface area (Å²) in [6, 6.07) is 61.0. The number of hydrogen-bond acceptors (Lipinski definition) is 1. The van der Waals surface area contributed by atoms with Crippen LogP contribution >= 0.6 is 0 Å². The minimum absolute atomic E-state index is 0.128. The van der Waals surface area contributed by atoms with Crippen LogP contribution in [0.25, 0.3) is 54.9 Å². The molecule has 1 heteroatoms. The predicted octanol–water partition coefficient (Wildman–Crippen LogP) is 13.7. The van der Waals surface area contributed by atoms with Crippen molar-refractivity contribution in [3.05, 3.63) is 186 Å². The molecule has 0 heterocycles. The molecule has 8 aromatic carbocycles. The number of rotatable bonds is 4. The summed E-state index contributed by atoms with van der Waals surface area (Å²) in [4.78, 5) is 2.55. The predicted molar refractivity (Wildman–Crippen MR) is 217 cm³/mol. The van der Waals surface area contributed by atoms with Crippen molar-refractivity contribution in [3.8, 4) is 33.4 Å². The molecule has 0 saturated carbocycles. The standard InChI is InChI=1S/C50H39N/c1-49(2)43-21-13-12-20-41(43)47-46(49)30-36-18-10-11-19-39(36)48(47)51(37-24-22-33(23-25-37)32-14-6-5-7-15-32)38-26-27-40-42-28-34-16-8-9-17-35(34)29-44(42)50(3,4)45(40)31-38/h5-31H,1-4H3. The van der Waals surface area contributed by atoms with Crippen LogP contribution in [0.5, 0.6) is 0 Å². The van der Waals surface area contributed by atoms with Gasteiger partial charge < -0.3 is 4.90 Å². The summed E-state index contributed by atoms with van der Waals surface area (Å²) in [5.74, 6) is 0. The first-order valence-electron chi connectivity index (χ1n) is 18.1. The highest BCUT2D eigenvalue weighted by Gasteiger charge is 2.40. The number of nitrogens with zero attached hydrogens (tertiary/aromatic N) is 1. The van der Waals surface area contributed by atoms with E-state index in [1.807, 2.05) is 0 Å². The first-order chi connectivity index (χ1) is 24.8. The van der Waals surface area contributed by atoms with Crippen molar-refractivity contribution in [2.45, 2.75) is 38.5 Å². The van der Waals surface area contributed by atoms with Gasteiger partial charge in [-0.15, -0.1) is 0 Å². The summed E-state index contributed by atoms with van der Waals surface area (Å²) >= 11 is 0. The van der Waals surface area contributed by atoms with Crippen LogP contribution < -0.4 is 4.90 Å². The molecule has 0 N–H and O–H groups in total. The molecule has 2 aliphatic rings. The Balaban J connectivity index is 1.25. The van der Waals surface area contributed by atoms with Crippen LogP contribution in [-0.2, 0) is 10.8 Å². The maximum absolute atomic E-state index is 2.55. The first kappa shape index (κ1) is 29.9. The summed E-state index contributed by atoms with van der Waals surface area (Å²) in [6.07, 6.45) is 0. The molecule has 0 fully saturated rings. The minimum atomic E-state index is -0.150. The van der Waals surface area contributed by atoms with Gasteiger partial charge in [-0.25, -0.2) is 0 Å². The lowest BCUT2D eigenvalue weighted by atomic mass is 9.81. The zero-order valence-electron chi connectivity index (χ0n) is 29.5. The Morgan fingerprint density at radius 1 is 0.373 bits per heavy atom. The molecule has 0 atom stereocenters. The van der Waals surface area contributed by atoms with Gasteiger partial charge in [0.15, 0.2) is 0 Å². The molecular formula is C50H39N. The topological polar surface area (TPSA) is 3.24 Å². The van der Waals surface area contributed by atoms with Crippen LogP contribution in [0.2, 0.25) is 0 Å². The van der Waals surface area contributed by atoms with Crippen molar-refractivity contribution >= 4 is 38.6 Å². The molecule has 0 unspecified atom stereocenters. The van der Waals surface area contributed by atoms with E-state index >= 15 is 0 Å². The number of fused-ring (bicyclic) bond motifs is 8. The van der Waals surface area contributed by atoms with E-state index in [1.165, 1.54) is 88.6 Å². The lowest BCUT2D eigenvalue weighted by Gasteiger charge is -2.32. The average molecular weight is 654 g/mol. The number of benzene rings is 8. The van der Waals surface area contributed by atoms with Crippen LogP contribution in [0, 0.1) is 0 Å². The molecule has 0 radical (unpaired) electrons. The molecule has 0 aromatic heterocycles.